The Balaban J connectivity index is 1.76. The Bertz CT molecular complexity index is 234. The molecule has 84 valence electrons. The van der Waals surface area contributed by atoms with Gasteiger partial charge in [-0.15, -0.1) is 0 Å². The number of hydrogen-bond donors (Lipinski definition) is 2. The molecule has 0 aromatic heterocycles. The van der Waals surface area contributed by atoms with E-state index in [4.69, 9.17) is 0 Å². The lowest BCUT2D eigenvalue weighted by atomic mass is 10.1. The standard InChI is InChI=1S/C12H20N2O/c15-12(10-5-1-2-6-10)14-11-7-3-4-8-13-9-11/h1-2,10-11,13H,3-9H2,(H,14,15). The molecule has 3 nitrogen and oxygen atoms in total. The Labute approximate surface area is 91.3 Å². The van der Waals surface area contributed by atoms with Gasteiger partial charge in [0.05, 0.1) is 0 Å². The first-order chi connectivity index (χ1) is 7.36. The van der Waals surface area contributed by atoms with Crippen molar-refractivity contribution < 1.29 is 4.79 Å². The summed E-state index contributed by atoms with van der Waals surface area (Å²) in [5.41, 5.74) is 0. The van der Waals surface area contributed by atoms with Crippen molar-refractivity contribution in [2.45, 2.75) is 38.1 Å². The number of allylic oxidation sites excluding steroid dienone is 2. The van der Waals surface area contributed by atoms with E-state index < -0.39 is 0 Å². The fourth-order valence-corrected chi connectivity index (χ4v) is 2.29. The summed E-state index contributed by atoms with van der Waals surface area (Å²) in [5, 5.41) is 6.52. The van der Waals surface area contributed by atoms with Gasteiger partial charge in [-0.25, -0.2) is 0 Å². The average Bonchev–Trinajstić information content (AvgIpc) is 2.65. The highest BCUT2D eigenvalue weighted by Gasteiger charge is 2.22. The van der Waals surface area contributed by atoms with E-state index in [1.807, 2.05) is 0 Å². The van der Waals surface area contributed by atoms with Gasteiger partial charge in [-0.1, -0.05) is 18.6 Å². The summed E-state index contributed by atoms with van der Waals surface area (Å²) in [4.78, 5) is 11.8. The molecule has 0 radical (unpaired) electrons. The van der Waals surface area contributed by atoms with Crippen LogP contribution in [0.25, 0.3) is 0 Å². The number of amides is 1. The SMILES string of the molecule is O=C(NC1CCCCNC1)C1CC=CC1. The molecule has 1 saturated heterocycles. The largest absolute Gasteiger partial charge is 0.352 e. The van der Waals surface area contributed by atoms with Gasteiger partial charge in [0.2, 0.25) is 5.91 Å². The second-order valence-corrected chi connectivity index (χ2v) is 4.55. The molecule has 1 aliphatic heterocycles. The number of rotatable bonds is 2. The first-order valence-electron chi connectivity index (χ1n) is 6.02. The molecule has 1 unspecified atom stereocenters. The van der Waals surface area contributed by atoms with Gasteiger partial charge in [0.15, 0.2) is 0 Å². The van der Waals surface area contributed by atoms with Crippen molar-refractivity contribution in [2.75, 3.05) is 13.1 Å². The molecule has 0 spiro atoms. The molecule has 1 amide bonds. The fourth-order valence-electron chi connectivity index (χ4n) is 2.29. The van der Waals surface area contributed by atoms with Gasteiger partial charge in [-0.05, 0) is 32.2 Å². The molecule has 1 heterocycles. The lowest BCUT2D eigenvalue weighted by Gasteiger charge is -2.19. The lowest BCUT2D eigenvalue weighted by molar-refractivity contribution is -0.125. The van der Waals surface area contributed by atoms with E-state index in [1.54, 1.807) is 0 Å². The van der Waals surface area contributed by atoms with Gasteiger partial charge >= 0.3 is 0 Å². The van der Waals surface area contributed by atoms with Crippen LogP contribution in [0.5, 0.6) is 0 Å². The first-order valence-corrected chi connectivity index (χ1v) is 6.02. The smallest absolute Gasteiger partial charge is 0.223 e. The van der Waals surface area contributed by atoms with Crippen LogP contribution < -0.4 is 10.6 Å². The van der Waals surface area contributed by atoms with E-state index in [0.717, 1.165) is 32.4 Å². The zero-order valence-electron chi connectivity index (χ0n) is 9.17. The Morgan fingerprint density at radius 1 is 1.27 bits per heavy atom. The first kappa shape index (κ1) is 10.7. The Hall–Kier alpha value is -0.830. The van der Waals surface area contributed by atoms with Gasteiger partial charge in [0.25, 0.3) is 0 Å². The van der Waals surface area contributed by atoms with E-state index in [2.05, 4.69) is 22.8 Å². The van der Waals surface area contributed by atoms with E-state index in [1.165, 1.54) is 12.8 Å². The zero-order chi connectivity index (χ0) is 10.5. The van der Waals surface area contributed by atoms with E-state index >= 15 is 0 Å². The Morgan fingerprint density at radius 3 is 2.87 bits per heavy atom. The van der Waals surface area contributed by atoms with E-state index in [-0.39, 0.29) is 11.8 Å². The highest BCUT2D eigenvalue weighted by atomic mass is 16.1. The minimum Gasteiger partial charge on any atom is -0.352 e. The van der Waals surface area contributed by atoms with Crippen LogP contribution in [0.4, 0.5) is 0 Å². The van der Waals surface area contributed by atoms with Crippen LogP contribution in [0.1, 0.15) is 32.1 Å². The van der Waals surface area contributed by atoms with Gasteiger partial charge in [-0.2, -0.15) is 0 Å². The molecule has 0 aromatic rings. The summed E-state index contributed by atoms with van der Waals surface area (Å²) >= 11 is 0. The van der Waals surface area contributed by atoms with Crippen molar-refractivity contribution in [1.82, 2.24) is 10.6 Å². The van der Waals surface area contributed by atoms with Crippen molar-refractivity contribution >= 4 is 5.91 Å². The van der Waals surface area contributed by atoms with Crippen LogP contribution in [0.2, 0.25) is 0 Å². The summed E-state index contributed by atoms with van der Waals surface area (Å²) in [6.45, 7) is 2.03. The number of carbonyl (C=O) groups excluding carboxylic acids is 1. The van der Waals surface area contributed by atoms with Crippen LogP contribution in [-0.4, -0.2) is 25.0 Å². The molecule has 0 saturated carbocycles. The van der Waals surface area contributed by atoms with Gasteiger partial charge in [0, 0.05) is 18.5 Å². The highest BCUT2D eigenvalue weighted by Crippen LogP contribution is 2.18. The predicted octanol–water partition coefficient (Wildman–Crippen LogP) is 1.21. The number of hydrogen-bond acceptors (Lipinski definition) is 2. The van der Waals surface area contributed by atoms with Crippen molar-refractivity contribution in [1.29, 1.82) is 0 Å². The zero-order valence-corrected chi connectivity index (χ0v) is 9.17. The van der Waals surface area contributed by atoms with Crippen molar-refractivity contribution in [2.24, 2.45) is 5.92 Å². The fraction of sp³-hybridized carbons (Fsp3) is 0.750. The molecule has 0 bridgehead atoms. The average molecular weight is 208 g/mol. The molecule has 2 N–H and O–H groups in total. The molecule has 2 rings (SSSR count). The summed E-state index contributed by atoms with van der Waals surface area (Å²) in [6.07, 6.45) is 9.64. The minimum atomic E-state index is 0.202. The van der Waals surface area contributed by atoms with Crippen LogP contribution in [0, 0.1) is 5.92 Å². The molecule has 1 fully saturated rings. The predicted molar refractivity (Wildman–Crippen MR) is 60.5 cm³/mol. The monoisotopic (exact) mass is 208 g/mol. The second kappa shape index (κ2) is 5.31. The molecular weight excluding hydrogens is 188 g/mol. The van der Waals surface area contributed by atoms with Gasteiger partial charge in [-0.3, -0.25) is 4.79 Å². The van der Waals surface area contributed by atoms with Crippen LogP contribution in [0.3, 0.4) is 0 Å². The third-order valence-electron chi connectivity index (χ3n) is 3.27. The van der Waals surface area contributed by atoms with Crippen molar-refractivity contribution in [3.63, 3.8) is 0 Å². The minimum absolute atomic E-state index is 0.202. The van der Waals surface area contributed by atoms with E-state index in [9.17, 15) is 4.79 Å². The maximum absolute atomic E-state index is 11.8. The van der Waals surface area contributed by atoms with E-state index in [0.29, 0.717) is 6.04 Å². The van der Waals surface area contributed by atoms with Crippen molar-refractivity contribution in [3.8, 4) is 0 Å². The summed E-state index contributed by atoms with van der Waals surface area (Å²) in [6, 6.07) is 0.348. The maximum atomic E-state index is 11.8. The van der Waals surface area contributed by atoms with Crippen LogP contribution in [-0.2, 0) is 4.79 Å². The third-order valence-corrected chi connectivity index (χ3v) is 3.27. The molecule has 1 atom stereocenters. The topological polar surface area (TPSA) is 41.1 Å². The quantitative estimate of drug-likeness (QED) is 0.670. The summed E-state index contributed by atoms with van der Waals surface area (Å²) in [5.74, 6) is 0.446. The van der Waals surface area contributed by atoms with Gasteiger partial charge < -0.3 is 10.6 Å². The van der Waals surface area contributed by atoms with Gasteiger partial charge in [0.1, 0.15) is 0 Å². The highest BCUT2D eigenvalue weighted by molar-refractivity contribution is 5.79. The molecule has 0 aromatic carbocycles. The van der Waals surface area contributed by atoms with Crippen molar-refractivity contribution in [3.05, 3.63) is 12.2 Å². The Morgan fingerprint density at radius 2 is 2.07 bits per heavy atom. The summed E-state index contributed by atoms with van der Waals surface area (Å²) in [7, 11) is 0. The van der Waals surface area contributed by atoms with Crippen LogP contribution in [0.15, 0.2) is 12.2 Å². The Kier molecular flexibility index (Phi) is 3.78. The summed E-state index contributed by atoms with van der Waals surface area (Å²) < 4.78 is 0. The molecule has 1 aliphatic carbocycles. The number of nitrogens with one attached hydrogen (secondary N) is 2. The molecule has 3 heteroatoms. The maximum Gasteiger partial charge on any atom is 0.223 e. The molecule has 15 heavy (non-hydrogen) atoms. The van der Waals surface area contributed by atoms with Crippen LogP contribution >= 0.6 is 0 Å². The molecule has 2 aliphatic rings. The number of carbonyl (C=O) groups is 1. The normalized spacial score (nSPS) is 27.6. The third kappa shape index (κ3) is 3.06. The lowest BCUT2D eigenvalue weighted by Crippen LogP contribution is -2.43. The molecular formula is C12H20N2O. The second-order valence-electron chi connectivity index (χ2n) is 4.55.